The van der Waals surface area contributed by atoms with Crippen LogP contribution in [0.25, 0.3) is 10.2 Å². The van der Waals surface area contributed by atoms with Crippen LogP contribution in [0.5, 0.6) is 0 Å². The van der Waals surface area contributed by atoms with Gasteiger partial charge in [0, 0.05) is 6.42 Å². The van der Waals surface area contributed by atoms with Crippen LogP contribution in [0.3, 0.4) is 0 Å². The van der Waals surface area contributed by atoms with Gasteiger partial charge in [0.05, 0.1) is 10.3 Å². The van der Waals surface area contributed by atoms with Gasteiger partial charge >= 0.3 is 0 Å². The molecule has 22 heavy (non-hydrogen) atoms. The van der Waals surface area contributed by atoms with Gasteiger partial charge in [0.1, 0.15) is 16.7 Å². The van der Waals surface area contributed by atoms with Crippen molar-refractivity contribution < 1.29 is 9.59 Å². The monoisotopic (exact) mass is 322 g/mol. The molecule has 0 spiro atoms. The van der Waals surface area contributed by atoms with Gasteiger partial charge in [-0.25, -0.2) is 4.98 Å². The smallest absolute Gasteiger partial charge is 0.263 e. The largest absolute Gasteiger partial charge is 0.368 e. The zero-order valence-electron chi connectivity index (χ0n) is 12.7. The third-order valence-electron chi connectivity index (χ3n) is 3.64. The molecule has 0 saturated carbocycles. The van der Waals surface area contributed by atoms with Crippen molar-refractivity contribution in [3.63, 3.8) is 0 Å². The molecule has 2 rings (SSSR count). The minimum atomic E-state index is -0.754. The maximum atomic E-state index is 12.8. The van der Waals surface area contributed by atoms with Crippen LogP contribution >= 0.6 is 11.3 Å². The molecule has 0 saturated heterocycles. The second kappa shape index (κ2) is 5.88. The van der Waals surface area contributed by atoms with Crippen LogP contribution in [-0.2, 0) is 11.2 Å². The molecule has 2 aromatic heterocycles. The Morgan fingerprint density at radius 2 is 1.95 bits per heavy atom. The van der Waals surface area contributed by atoms with E-state index in [0.717, 1.165) is 11.3 Å². The first-order valence-electron chi connectivity index (χ1n) is 6.97. The van der Waals surface area contributed by atoms with Crippen molar-refractivity contribution in [3.8, 4) is 0 Å². The second-order valence-electron chi connectivity index (χ2n) is 4.98. The molecule has 0 aromatic carbocycles. The minimum absolute atomic E-state index is 0.312. The van der Waals surface area contributed by atoms with E-state index in [0.29, 0.717) is 39.3 Å². The van der Waals surface area contributed by atoms with Gasteiger partial charge in [0.15, 0.2) is 0 Å². The Morgan fingerprint density at radius 3 is 2.41 bits per heavy atom. The van der Waals surface area contributed by atoms with Crippen molar-refractivity contribution in [1.82, 2.24) is 9.55 Å². The van der Waals surface area contributed by atoms with E-state index in [4.69, 9.17) is 11.5 Å². The number of primary amides is 2. The zero-order chi connectivity index (χ0) is 16.6. The molecule has 0 aliphatic heterocycles. The fraction of sp³-hybridized carbons (Fsp3) is 0.429. The highest BCUT2D eigenvalue weighted by Gasteiger charge is 2.25. The summed E-state index contributed by atoms with van der Waals surface area (Å²) in [6.07, 6.45) is 0.860. The first-order chi connectivity index (χ1) is 10.3. The number of fused-ring (bicyclic) bond motifs is 1. The van der Waals surface area contributed by atoms with E-state index in [-0.39, 0.29) is 5.56 Å². The molecule has 2 amide bonds. The third-order valence-corrected chi connectivity index (χ3v) is 4.84. The highest BCUT2D eigenvalue weighted by Crippen LogP contribution is 2.28. The minimum Gasteiger partial charge on any atom is -0.368 e. The Morgan fingerprint density at radius 1 is 1.32 bits per heavy atom. The number of nitrogens with two attached hydrogens (primary N) is 2. The van der Waals surface area contributed by atoms with Crippen LogP contribution in [0.2, 0.25) is 0 Å². The van der Waals surface area contributed by atoms with Crippen molar-refractivity contribution in [3.05, 3.63) is 26.6 Å². The molecular weight excluding hydrogens is 304 g/mol. The molecule has 1 unspecified atom stereocenters. The molecule has 0 radical (unpaired) electrons. The Balaban J connectivity index is 2.90. The lowest BCUT2D eigenvalue weighted by Gasteiger charge is -2.18. The SMILES string of the molecule is CCc1nc2sc(C(N)=O)c(C)c2c(=O)n1C(CC)C(N)=O. The summed E-state index contributed by atoms with van der Waals surface area (Å²) >= 11 is 1.10. The lowest BCUT2D eigenvalue weighted by Crippen LogP contribution is -2.36. The molecule has 0 aliphatic rings. The molecule has 4 N–H and O–H groups in total. The van der Waals surface area contributed by atoms with Gasteiger partial charge in [-0.3, -0.25) is 19.0 Å². The van der Waals surface area contributed by atoms with Crippen molar-refractivity contribution in [2.75, 3.05) is 0 Å². The summed E-state index contributed by atoms with van der Waals surface area (Å²) in [7, 11) is 0. The molecule has 2 aromatic rings. The average molecular weight is 322 g/mol. The van der Waals surface area contributed by atoms with Gasteiger partial charge in [-0.2, -0.15) is 0 Å². The van der Waals surface area contributed by atoms with Crippen molar-refractivity contribution in [1.29, 1.82) is 0 Å². The lowest BCUT2D eigenvalue weighted by molar-refractivity contribution is -0.121. The number of aromatic nitrogens is 2. The number of hydrogen-bond donors (Lipinski definition) is 2. The van der Waals surface area contributed by atoms with E-state index in [2.05, 4.69) is 4.98 Å². The molecule has 1 atom stereocenters. The fourth-order valence-corrected chi connectivity index (χ4v) is 3.60. The number of carbonyl (C=O) groups excluding carboxylic acids is 2. The highest BCUT2D eigenvalue weighted by atomic mass is 32.1. The number of carbonyl (C=O) groups is 2. The predicted molar refractivity (Wildman–Crippen MR) is 85.0 cm³/mol. The Bertz CT molecular complexity index is 822. The van der Waals surface area contributed by atoms with Crippen LogP contribution in [0.15, 0.2) is 4.79 Å². The van der Waals surface area contributed by atoms with Crippen molar-refractivity contribution in [2.45, 2.75) is 39.7 Å². The van der Waals surface area contributed by atoms with Gasteiger partial charge in [0.25, 0.3) is 11.5 Å². The molecule has 0 bridgehead atoms. The van der Waals surface area contributed by atoms with Gasteiger partial charge in [-0.1, -0.05) is 13.8 Å². The standard InChI is InChI=1S/C14H18N4O3S/c1-4-7(11(15)19)18-8(5-2)17-13-9(14(18)21)6(3)10(22-13)12(16)20/h7H,4-5H2,1-3H3,(H2,15,19)(H2,16,20). The zero-order valence-corrected chi connectivity index (χ0v) is 13.5. The average Bonchev–Trinajstić information content (AvgIpc) is 2.78. The molecular formula is C14H18N4O3S. The van der Waals surface area contributed by atoms with Gasteiger partial charge in [-0.15, -0.1) is 11.3 Å². The van der Waals surface area contributed by atoms with E-state index in [1.807, 2.05) is 6.92 Å². The number of amides is 2. The van der Waals surface area contributed by atoms with Crippen LogP contribution in [0.4, 0.5) is 0 Å². The van der Waals surface area contributed by atoms with Crippen molar-refractivity contribution >= 4 is 33.4 Å². The van der Waals surface area contributed by atoms with E-state index < -0.39 is 17.9 Å². The number of hydrogen-bond acceptors (Lipinski definition) is 5. The summed E-state index contributed by atoms with van der Waals surface area (Å²) in [5.74, 6) is -0.699. The van der Waals surface area contributed by atoms with E-state index in [1.54, 1.807) is 13.8 Å². The molecule has 0 aliphatic carbocycles. The predicted octanol–water partition coefficient (Wildman–Crippen LogP) is 0.864. The van der Waals surface area contributed by atoms with Crippen LogP contribution in [0.1, 0.15) is 47.4 Å². The Labute approximate surface area is 130 Å². The Hall–Kier alpha value is -2.22. The molecule has 118 valence electrons. The summed E-state index contributed by atoms with van der Waals surface area (Å²) in [5.41, 5.74) is 10.9. The number of thiophene rings is 1. The first-order valence-corrected chi connectivity index (χ1v) is 7.78. The number of nitrogens with zero attached hydrogens (tertiary/aromatic N) is 2. The van der Waals surface area contributed by atoms with Crippen molar-refractivity contribution in [2.24, 2.45) is 11.5 Å². The summed E-state index contributed by atoms with van der Waals surface area (Å²) < 4.78 is 1.34. The summed E-state index contributed by atoms with van der Waals surface area (Å²) in [6.45, 7) is 5.28. The summed E-state index contributed by atoms with van der Waals surface area (Å²) in [5, 5.41) is 0.329. The van der Waals surface area contributed by atoms with E-state index >= 15 is 0 Å². The topological polar surface area (TPSA) is 121 Å². The van der Waals surface area contributed by atoms with Crippen LogP contribution in [-0.4, -0.2) is 21.4 Å². The van der Waals surface area contributed by atoms with Crippen LogP contribution in [0, 0.1) is 6.92 Å². The first kappa shape index (κ1) is 16.2. The number of aryl methyl sites for hydroxylation is 2. The highest BCUT2D eigenvalue weighted by molar-refractivity contribution is 7.20. The maximum Gasteiger partial charge on any atom is 0.263 e. The quantitative estimate of drug-likeness (QED) is 0.848. The summed E-state index contributed by atoms with van der Waals surface area (Å²) in [4.78, 5) is 41.2. The fourth-order valence-electron chi connectivity index (χ4n) is 2.55. The maximum absolute atomic E-state index is 12.8. The van der Waals surface area contributed by atoms with Gasteiger partial charge in [-0.05, 0) is 18.9 Å². The second-order valence-corrected chi connectivity index (χ2v) is 5.98. The van der Waals surface area contributed by atoms with Gasteiger partial charge in [0.2, 0.25) is 5.91 Å². The van der Waals surface area contributed by atoms with Gasteiger partial charge < -0.3 is 11.5 Å². The van der Waals surface area contributed by atoms with Crippen LogP contribution < -0.4 is 17.0 Å². The Kier molecular flexibility index (Phi) is 4.32. The van der Waals surface area contributed by atoms with E-state index in [9.17, 15) is 14.4 Å². The third kappa shape index (κ3) is 2.39. The van der Waals surface area contributed by atoms with E-state index in [1.165, 1.54) is 4.57 Å². The normalized spacial score (nSPS) is 12.5. The molecule has 0 fully saturated rings. The lowest BCUT2D eigenvalue weighted by atomic mass is 10.1. The number of rotatable bonds is 5. The molecule has 7 nitrogen and oxygen atoms in total. The molecule has 8 heteroatoms. The molecule has 2 heterocycles. The summed E-state index contributed by atoms with van der Waals surface area (Å²) in [6, 6.07) is -0.754.